The van der Waals surface area contributed by atoms with E-state index in [9.17, 15) is 4.79 Å². The molecule has 2 atom stereocenters. The molecule has 1 aromatic rings. The van der Waals surface area contributed by atoms with Crippen LogP contribution in [-0.2, 0) is 9.53 Å². The summed E-state index contributed by atoms with van der Waals surface area (Å²) >= 11 is 1.61. The summed E-state index contributed by atoms with van der Waals surface area (Å²) in [6.07, 6.45) is 5.17. The van der Waals surface area contributed by atoms with Crippen LogP contribution in [0.2, 0.25) is 0 Å². The largest absolute Gasteiger partial charge is 0.367 e. The van der Waals surface area contributed by atoms with Gasteiger partial charge in [0.15, 0.2) is 0 Å². The number of ether oxygens (including phenoxy) is 1. The molecule has 1 aliphatic carbocycles. The van der Waals surface area contributed by atoms with Gasteiger partial charge in [0.1, 0.15) is 11.1 Å². The summed E-state index contributed by atoms with van der Waals surface area (Å²) in [6.45, 7) is 4.14. The van der Waals surface area contributed by atoms with Gasteiger partial charge in [-0.25, -0.2) is 4.98 Å². The van der Waals surface area contributed by atoms with Crippen LogP contribution in [0.5, 0.6) is 0 Å². The number of aromatic nitrogens is 1. The highest BCUT2D eigenvalue weighted by Gasteiger charge is 2.58. The first-order chi connectivity index (χ1) is 10.3. The number of hydrogen-bond acceptors (Lipinski definition) is 5. The summed E-state index contributed by atoms with van der Waals surface area (Å²) in [4.78, 5) is 19.1. The third-order valence-corrected chi connectivity index (χ3v) is 6.06. The number of hydrogen-bond donors (Lipinski definition) is 1. The Kier molecular flexibility index (Phi) is 3.47. The topological polar surface area (TPSA) is 54.5 Å². The fraction of sp³-hybridized carbons (Fsp3) is 0.733. The van der Waals surface area contributed by atoms with Crippen molar-refractivity contribution in [2.45, 2.75) is 25.4 Å². The Balaban J connectivity index is 1.41. The van der Waals surface area contributed by atoms with Crippen LogP contribution in [0.4, 0.5) is 0 Å². The van der Waals surface area contributed by atoms with Gasteiger partial charge in [-0.15, -0.1) is 11.3 Å². The minimum absolute atomic E-state index is 0.0366. The SMILES string of the molecule is O=C(C1CC12CCNCC2)N1CCOC(c2nccs2)C1. The maximum atomic E-state index is 12.8. The summed E-state index contributed by atoms with van der Waals surface area (Å²) in [5.74, 6) is 0.608. The number of rotatable bonds is 2. The summed E-state index contributed by atoms with van der Waals surface area (Å²) in [7, 11) is 0. The standard InChI is InChI=1S/C15H21N3O2S/c19-14(11-9-15(11)1-3-16-4-2-15)18-6-7-20-12(10-18)13-17-5-8-21-13/h5,8,11-12,16H,1-4,6-7,9-10H2. The maximum absolute atomic E-state index is 12.8. The van der Waals surface area contributed by atoms with Crippen LogP contribution in [0.3, 0.4) is 0 Å². The van der Waals surface area contributed by atoms with E-state index in [0.29, 0.717) is 24.5 Å². The van der Waals surface area contributed by atoms with Crippen molar-refractivity contribution in [1.82, 2.24) is 15.2 Å². The van der Waals surface area contributed by atoms with E-state index >= 15 is 0 Å². The van der Waals surface area contributed by atoms with Gasteiger partial charge in [0.2, 0.25) is 5.91 Å². The van der Waals surface area contributed by atoms with E-state index < -0.39 is 0 Å². The highest BCUT2D eigenvalue weighted by atomic mass is 32.1. The lowest BCUT2D eigenvalue weighted by Crippen LogP contribution is -2.44. The van der Waals surface area contributed by atoms with Gasteiger partial charge in [0, 0.05) is 24.0 Å². The molecule has 3 fully saturated rings. The highest BCUT2D eigenvalue weighted by molar-refractivity contribution is 7.09. The van der Waals surface area contributed by atoms with Crippen LogP contribution in [0.1, 0.15) is 30.4 Å². The number of carbonyl (C=O) groups excluding carboxylic acids is 1. The molecule has 4 rings (SSSR count). The predicted octanol–water partition coefficient (Wildman–Crippen LogP) is 1.43. The predicted molar refractivity (Wildman–Crippen MR) is 80.0 cm³/mol. The summed E-state index contributed by atoms with van der Waals surface area (Å²) in [6, 6.07) is 0. The smallest absolute Gasteiger partial charge is 0.226 e. The van der Waals surface area contributed by atoms with Gasteiger partial charge in [-0.2, -0.15) is 0 Å². The lowest BCUT2D eigenvalue weighted by Gasteiger charge is -2.33. The van der Waals surface area contributed by atoms with Gasteiger partial charge in [-0.3, -0.25) is 4.79 Å². The third kappa shape index (κ3) is 2.49. The molecule has 2 aliphatic heterocycles. The molecule has 6 heteroatoms. The van der Waals surface area contributed by atoms with Gasteiger partial charge >= 0.3 is 0 Å². The molecule has 0 aromatic carbocycles. The third-order valence-electron chi connectivity index (χ3n) is 5.19. The molecule has 21 heavy (non-hydrogen) atoms. The number of amides is 1. The zero-order valence-corrected chi connectivity index (χ0v) is 12.9. The van der Waals surface area contributed by atoms with Gasteiger partial charge in [0.25, 0.3) is 0 Å². The van der Waals surface area contributed by atoms with Crippen LogP contribution in [-0.4, -0.2) is 48.6 Å². The normalized spacial score (nSPS) is 31.3. The fourth-order valence-electron chi connectivity index (χ4n) is 3.79. The molecule has 1 spiro atoms. The van der Waals surface area contributed by atoms with E-state index in [0.717, 1.165) is 43.9 Å². The maximum Gasteiger partial charge on any atom is 0.226 e. The molecule has 3 aliphatic rings. The summed E-state index contributed by atoms with van der Waals surface area (Å²) < 4.78 is 5.78. The first-order valence-electron chi connectivity index (χ1n) is 7.79. The second kappa shape index (κ2) is 5.34. The van der Waals surface area contributed by atoms with Gasteiger partial charge in [-0.1, -0.05) is 0 Å². The molecule has 0 radical (unpaired) electrons. The monoisotopic (exact) mass is 307 g/mol. The highest BCUT2D eigenvalue weighted by Crippen LogP contribution is 2.59. The van der Waals surface area contributed by atoms with Crippen LogP contribution in [0.15, 0.2) is 11.6 Å². The Morgan fingerprint density at radius 2 is 2.33 bits per heavy atom. The van der Waals surface area contributed by atoms with Crippen molar-refractivity contribution in [3.05, 3.63) is 16.6 Å². The number of carbonyl (C=O) groups is 1. The van der Waals surface area contributed by atoms with E-state index in [1.165, 1.54) is 0 Å². The van der Waals surface area contributed by atoms with Gasteiger partial charge in [0.05, 0.1) is 13.2 Å². The Labute approximate surface area is 128 Å². The van der Waals surface area contributed by atoms with Crippen molar-refractivity contribution in [2.75, 3.05) is 32.8 Å². The Morgan fingerprint density at radius 3 is 3.10 bits per heavy atom. The minimum atomic E-state index is -0.0366. The van der Waals surface area contributed by atoms with E-state index in [-0.39, 0.29) is 12.0 Å². The van der Waals surface area contributed by atoms with E-state index in [1.54, 1.807) is 17.5 Å². The van der Waals surface area contributed by atoms with Gasteiger partial charge < -0.3 is 15.0 Å². The molecule has 1 N–H and O–H groups in total. The van der Waals surface area contributed by atoms with Crippen LogP contribution >= 0.6 is 11.3 Å². The first-order valence-corrected chi connectivity index (χ1v) is 8.67. The lowest BCUT2D eigenvalue weighted by atomic mass is 9.91. The van der Waals surface area contributed by atoms with Crippen molar-refractivity contribution >= 4 is 17.2 Å². The minimum Gasteiger partial charge on any atom is -0.367 e. The lowest BCUT2D eigenvalue weighted by molar-refractivity contribution is -0.141. The number of nitrogens with zero attached hydrogens (tertiary/aromatic N) is 2. The molecular weight excluding hydrogens is 286 g/mol. The molecule has 0 bridgehead atoms. The number of thiazole rings is 1. The summed E-state index contributed by atoms with van der Waals surface area (Å²) in [5.41, 5.74) is 0.317. The zero-order chi connectivity index (χ0) is 14.3. The van der Waals surface area contributed by atoms with Crippen LogP contribution < -0.4 is 5.32 Å². The van der Waals surface area contributed by atoms with Gasteiger partial charge in [-0.05, 0) is 37.8 Å². The second-order valence-corrected chi connectivity index (χ2v) is 7.31. The van der Waals surface area contributed by atoms with Crippen LogP contribution in [0, 0.1) is 11.3 Å². The van der Waals surface area contributed by atoms with E-state index in [2.05, 4.69) is 10.3 Å². The van der Waals surface area contributed by atoms with Crippen molar-refractivity contribution < 1.29 is 9.53 Å². The molecule has 1 saturated carbocycles. The van der Waals surface area contributed by atoms with Crippen LogP contribution in [0.25, 0.3) is 0 Å². The molecule has 1 amide bonds. The van der Waals surface area contributed by atoms with Crippen molar-refractivity contribution in [1.29, 1.82) is 0 Å². The molecule has 5 nitrogen and oxygen atoms in total. The number of morpholine rings is 1. The Morgan fingerprint density at radius 1 is 1.48 bits per heavy atom. The van der Waals surface area contributed by atoms with E-state index in [4.69, 9.17) is 4.74 Å². The first kappa shape index (κ1) is 13.7. The van der Waals surface area contributed by atoms with Crippen molar-refractivity contribution in [3.63, 3.8) is 0 Å². The molecule has 3 heterocycles. The fourth-order valence-corrected chi connectivity index (χ4v) is 4.46. The molecule has 2 saturated heterocycles. The van der Waals surface area contributed by atoms with Crippen molar-refractivity contribution in [3.8, 4) is 0 Å². The Hall–Kier alpha value is -0.980. The van der Waals surface area contributed by atoms with Crippen molar-refractivity contribution in [2.24, 2.45) is 11.3 Å². The zero-order valence-electron chi connectivity index (χ0n) is 12.1. The molecule has 114 valence electrons. The number of nitrogens with one attached hydrogen (secondary N) is 1. The summed E-state index contributed by atoms with van der Waals surface area (Å²) in [5, 5.41) is 6.34. The number of piperidine rings is 1. The quantitative estimate of drug-likeness (QED) is 0.898. The molecule has 2 unspecified atom stereocenters. The molecular formula is C15H21N3O2S. The average molecular weight is 307 g/mol. The van der Waals surface area contributed by atoms with E-state index in [1.807, 2.05) is 10.3 Å². The average Bonchev–Trinajstić information content (AvgIpc) is 2.99. The second-order valence-electron chi connectivity index (χ2n) is 6.38. The molecule has 1 aromatic heterocycles. The Bertz CT molecular complexity index is 513.